The molecule has 0 aromatic carbocycles. The summed E-state index contributed by atoms with van der Waals surface area (Å²) in [5.41, 5.74) is 0. The molecular formula is C14H26N4S. The van der Waals surface area contributed by atoms with E-state index >= 15 is 0 Å². The Balaban J connectivity index is 2.87. The van der Waals surface area contributed by atoms with Crippen molar-refractivity contribution in [2.24, 2.45) is 0 Å². The average molecular weight is 282 g/mol. The Morgan fingerprint density at radius 1 is 1.42 bits per heavy atom. The molecule has 5 heteroatoms. The van der Waals surface area contributed by atoms with E-state index in [0.717, 1.165) is 30.3 Å². The first-order valence-corrected chi connectivity index (χ1v) is 8.29. The first-order chi connectivity index (χ1) is 9.12. The summed E-state index contributed by atoms with van der Waals surface area (Å²) in [5.74, 6) is 4.01. The predicted molar refractivity (Wildman–Crippen MR) is 86.4 cm³/mol. The normalized spacial score (nSPS) is 12.3. The molecule has 0 radical (unpaired) electrons. The maximum absolute atomic E-state index is 4.67. The van der Waals surface area contributed by atoms with Gasteiger partial charge >= 0.3 is 0 Å². The largest absolute Gasteiger partial charge is 0.373 e. The van der Waals surface area contributed by atoms with Crippen molar-refractivity contribution in [2.45, 2.75) is 39.2 Å². The van der Waals surface area contributed by atoms with Crippen molar-refractivity contribution in [2.75, 3.05) is 36.3 Å². The van der Waals surface area contributed by atoms with Gasteiger partial charge in [-0.05, 0) is 31.8 Å². The first-order valence-electron chi connectivity index (χ1n) is 6.89. The highest BCUT2D eigenvalue weighted by Crippen LogP contribution is 2.19. The SMILES string of the molecule is CCCc1nc(NC)cc(N(C)C(C)CCSC)n1. The van der Waals surface area contributed by atoms with E-state index in [1.54, 1.807) is 0 Å². The molecule has 0 spiro atoms. The monoisotopic (exact) mass is 282 g/mol. The molecule has 1 unspecified atom stereocenters. The van der Waals surface area contributed by atoms with E-state index in [2.05, 4.69) is 47.3 Å². The van der Waals surface area contributed by atoms with Gasteiger partial charge in [0.1, 0.15) is 17.5 Å². The molecule has 1 aromatic rings. The average Bonchev–Trinajstić information content (AvgIpc) is 2.43. The minimum Gasteiger partial charge on any atom is -0.373 e. The van der Waals surface area contributed by atoms with Crippen molar-refractivity contribution >= 4 is 23.4 Å². The number of nitrogens with one attached hydrogen (secondary N) is 1. The molecule has 0 saturated carbocycles. The summed E-state index contributed by atoms with van der Waals surface area (Å²) in [6, 6.07) is 2.51. The molecule has 0 aliphatic heterocycles. The van der Waals surface area contributed by atoms with Gasteiger partial charge in [0.15, 0.2) is 0 Å². The van der Waals surface area contributed by atoms with Crippen LogP contribution >= 0.6 is 11.8 Å². The third kappa shape index (κ3) is 4.90. The molecular weight excluding hydrogens is 256 g/mol. The van der Waals surface area contributed by atoms with Crippen molar-refractivity contribution in [1.29, 1.82) is 0 Å². The van der Waals surface area contributed by atoms with Crippen LogP contribution < -0.4 is 10.2 Å². The maximum atomic E-state index is 4.67. The predicted octanol–water partition coefficient (Wildman–Crippen LogP) is 3.05. The van der Waals surface area contributed by atoms with E-state index in [9.17, 15) is 0 Å². The second kappa shape index (κ2) is 8.25. The van der Waals surface area contributed by atoms with Gasteiger partial charge in [0.2, 0.25) is 0 Å². The Kier molecular flexibility index (Phi) is 6.99. The standard InChI is InChI=1S/C14H26N4S/c1-6-7-12-16-13(15-3)10-14(17-12)18(4)11(2)8-9-19-5/h10-11H,6-9H2,1-5H3,(H,15,16,17). The Morgan fingerprint density at radius 2 is 2.16 bits per heavy atom. The highest BCUT2D eigenvalue weighted by Gasteiger charge is 2.13. The summed E-state index contributed by atoms with van der Waals surface area (Å²) in [6.45, 7) is 4.40. The third-order valence-electron chi connectivity index (χ3n) is 3.25. The number of hydrogen-bond donors (Lipinski definition) is 1. The number of hydrogen-bond acceptors (Lipinski definition) is 5. The van der Waals surface area contributed by atoms with Crippen LogP contribution in [0, 0.1) is 0 Å². The quantitative estimate of drug-likeness (QED) is 0.793. The fraction of sp³-hybridized carbons (Fsp3) is 0.714. The fourth-order valence-electron chi connectivity index (χ4n) is 1.84. The van der Waals surface area contributed by atoms with Crippen LogP contribution in [0.5, 0.6) is 0 Å². The lowest BCUT2D eigenvalue weighted by Gasteiger charge is -2.26. The van der Waals surface area contributed by atoms with Gasteiger partial charge in [0.25, 0.3) is 0 Å². The molecule has 0 fully saturated rings. The van der Waals surface area contributed by atoms with Crippen LogP contribution in [-0.2, 0) is 6.42 Å². The zero-order chi connectivity index (χ0) is 14.3. The molecule has 0 aliphatic carbocycles. The molecule has 19 heavy (non-hydrogen) atoms. The molecule has 1 rings (SSSR count). The van der Waals surface area contributed by atoms with Gasteiger partial charge in [0.05, 0.1) is 0 Å². The lowest BCUT2D eigenvalue weighted by Crippen LogP contribution is -2.30. The van der Waals surface area contributed by atoms with Gasteiger partial charge in [-0.2, -0.15) is 11.8 Å². The number of anilines is 2. The van der Waals surface area contributed by atoms with Crippen molar-refractivity contribution in [1.82, 2.24) is 9.97 Å². The van der Waals surface area contributed by atoms with Gasteiger partial charge < -0.3 is 10.2 Å². The molecule has 1 heterocycles. The summed E-state index contributed by atoms with van der Waals surface area (Å²) in [6.07, 6.45) is 5.31. The van der Waals surface area contributed by atoms with E-state index in [-0.39, 0.29) is 0 Å². The van der Waals surface area contributed by atoms with Crippen LogP contribution in [0.15, 0.2) is 6.07 Å². The number of nitrogens with zero attached hydrogens (tertiary/aromatic N) is 3. The van der Waals surface area contributed by atoms with E-state index in [1.165, 1.54) is 12.2 Å². The highest BCUT2D eigenvalue weighted by molar-refractivity contribution is 7.98. The molecule has 4 nitrogen and oxygen atoms in total. The molecule has 0 amide bonds. The van der Waals surface area contributed by atoms with Gasteiger partial charge in [0, 0.05) is 32.6 Å². The van der Waals surface area contributed by atoms with E-state index in [0.29, 0.717) is 6.04 Å². The van der Waals surface area contributed by atoms with Crippen LogP contribution in [0.1, 0.15) is 32.5 Å². The van der Waals surface area contributed by atoms with Gasteiger partial charge in [-0.1, -0.05) is 6.92 Å². The number of thioether (sulfide) groups is 1. The minimum atomic E-state index is 0.488. The Bertz CT molecular complexity index is 384. The second-order valence-corrected chi connectivity index (χ2v) is 5.75. The molecule has 1 N–H and O–H groups in total. The zero-order valence-electron chi connectivity index (χ0n) is 12.7. The summed E-state index contributed by atoms with van der Waals surface area (Å²) < 4.78 is 0. The minimum absolute atomic E-state index is 0.488. The summed E-state index contributed by atoms with van der Waals surface area (Å²) in [5, 5.41) is 3.12. The van der Waals surface area contributed by atoms with E-state index in [1.807, 2.05) is 24.9 Å². The van der Waals surface area contributed by atoms with Crippen molar-refractivity contribution in [3.63, 3.8) is 0 Å². The Morgan fingerprint density at radius 3 is 2.74 bits per heavy atom. The van der Waals surface area contributed by atoms with Crippen molar-refractivity contribution in [3.8, 4) is 0 Å². The highest BCUT2D eigenvalue weighted by atomic mass is 32.2. The second-order valence-electron chi connectivity index (χ2n) is 4.77. The van der Waals surface area contributed by atoms with E-state index in [4.69, 9.17) is 0 Å². The number of aromatic nitrogens is 2. The Labute approximate surface area is 121 Å². The fourth-order valence-corrected chi connectivity index (χ4v) is 2.41. The smallest absolute Gasteiger partial charge is 0.134 e. The van der Waals surface area contributed by atoms with Crippen molar-refractivity contribution in [3.05, 3.63) is 11.9 Å². The van der Waals surface area contributed by atoms with Crippen LogP contribution in [0.25, 0.3) is 0 Å². The van der Waals surface area contributed by atoms with Crippen LogP contribution in [0.4, 0.5) is 11.6 Å². The van der Waals surface area contributed by atoms with E-state index < -0.39 is 0 Å². The lowest BCUT2D eigenvalue weighted by molar-refractivity contribution is 0.658. The van der Waals surface area contributed by atoms with Crippen LogP contribution in [-0.4, -0.2) is 42.1 Å². The summed E-state index contributed by atoms with van der Waals surface area (Å²) in [4.78, 5) is 11.4. The van der Waals surface area contributed by atoms with Gasteiger partial charge in [-0.15, -0.1) is 0 Å². The van der Waals surface area contributed by atoms with Crippen LogP contribution in [0.2, 0.25) is 0 Å². The molecule has 0 saturated heterocycles. The van der Waals surface area contributed by atoms with Gasteiger partial charge in [-0.25, -0.2) is 9.97 Å². The van der Waals surface area contributed by atoms with Gasteiger partial charge in [-0.3, -0.25) is 0 Å². The first kappa shape index (κ1) is 16.1. The molecule has 1 aromatic heterocycles. The van der Waals surface area contributed by atoms with Crippen LogP contribution in [0.3, 0.4) is 0 Å². The topological polar surface area (TPSA) is 41.1 Å². The Hall–Kier alpha value is -0.970. The molecule has 0 aliphatic rings. The zero-order valence-corrected chi connectivity index (χ0v) is 13.5. The number of aryl methyl sites for hydroxylation is 1. The number of rotatable bonds is 8. The molecule has 108 valence electrons. The maximum Gasteiger partial charge on any atom is 0.134 e. The molecule has 0 bridgehead atoms. The summed E-state index contributed by atoms with van der Waals surface area (Å²) >= 11 is 1.89. The third-order valence-corrected chi connectivity index (χ3v) is 3.89. The lowest BCUT2D eigenvalue weighted by atomic mass is 10.2. The molecule has 1 atom stereocenters. The summed E-state index contributed by atoms with van der Waals surface area (Å²) in [7, 11) is 4.02. The van der Waals surface area contributed by atoms with Crippen molar-refractivity contribution < 1.29 is 0 Å².